The quantitative estimate of drug-likeness (QED) is 0.513. The van der Waals surface area contributed by atoms with Crippen molar-refractivity contribution in [3.05, 3.63) is 28.3 Å². The van der Waals surface area contributed by atoms with Crippen LogP contribution in [0.3, 0.4) is 0 Å². The fraction of sp³-hybridized carbons (Fsp3) is 0.650. The molecule has 1 fully saturated rings. The summed E-state index contributed by atoms with van der Waals surface area (Å²) >= 11 is 0. The second kappa shape index (κ2) is 9.78. The molecule has 1 atom stereocenters. The summed E-state index contributed by atoms with van der Waals surface area (Å²) in [5, 5.41) is 2.74. The molecule has 1 aromatic rings. The van der Waals surface area contributed by atoms with Crippen LogP contribution in [0.2, 0.25) is 0 Å². The first-order chi connectivity index (χ1) is 13.7. The Morgan fingerprint density at radius 3 is 2.69 bits per heavy atom. The zero-order valence-corrected chi connectivity index (χ0v) is 17.4. The molecule has 29 heavy (non-hydrogen) atoms. The molecule has 0 radical (unpaired) electrons. The van der Waals surface area contributed by atoms with Gasteiger partial charge in [0.2, 0.25) is 11.2 Å². The van der Waals surface area contributed by atoms with Gasteiger partial charge in [0.1, 0.15) is 17.7 Å². The number of esters is 1. The fourth-order valence-electron chi connectivity index (χ4n) is 2.65. The Bertz CT molecular complexity index is 758. The Morgan fingerprint density at radius 1 is 1.31 bits per heavy atom. The van der Waals surface area contributed by atoms with Crippen molar-refractivity contribution in [1.29, 1.82) is 0 Å². The van der Waals surface area contributed by atoms with E-state index in [1.165, 1.54) is 6.07 Å². The van der Waals surface area contributed by atoms with Gasteiger partial charge in [-0.25, -0.2) is 9.59 Å². The Hall–Kier alpha value is -2.55. The number of hydrogen-bond acceptors (Lipinski definition) is 8. The Labute approximate surface area is 169 Å². The first-order valence-corrected chi connectivity index (χ1v) is 9.66. The summed E-state index contributed by atoms with van der Waals surface area (Å²) in [4.78, 5) is 36.8. The lowest BCUT2D eigenvalue weighted by Gasteiger charge is -2.29. The van der Waals surface area contributed by atoms with Crippen LogP contribution in [0.4, 0.5) is 4.79 Å². The van der Waals surface area contributed by atoms with Crippen LogP contribution >= 0.6 is 0 Å². The van der Waals surface area contributed by atoms with Crippen LogP contribution in [0.5, 0.6) is 5.75 Å². The van der Waals surface area contributed by atoms with E-state index < -0.39 is 28.6 Å². The summed E-state index contributed by atoms with van der Waals surface area (Å²) in [6, 6.07) is 1.18. The average molecular weight is 411 g/mol. The van der Waals surface area contributed by atoms with Gasteiger partial charge in [0, 0.05) is 12.7 Å². The van der Waals surface area contributed by atoms with Crippen molar-refractivity contribution >= 4 is 12.1 Å². The lowest BCUT2D eigenvalue weighted by atomic mass is 10.0. The third-order valence-corrected chi connectivity index (χ3v) is 4.11. The van der Waals surface area contributed by atoms with Gasteiger partial charge in [-0.1, -0.05) is 13.3 Å². The van der Waals surface area contributed by atoms with Crippen molar-refractivity contribution in [2.75, 3.05) is 26.4 Å². The van der Waals surface area contributed by atoms with Crippen LogP contribution < -0.4 is 15.5 Å². The molecule has 1 saturated heterocycles. The number of alkyl carbamates (subject to hydrolysis) is 1. The van der Waals surface area contributed by atoms with E-state index in [0.717, 1.165) is 19.1 Å². The third-order valence-electron chi connectivity index (χ3n) is 4.11. The Kier molecular flexibility index (Phi) is 7.66. The van der Waals surface area contributed by atoms with Gasteiger partial charge in [0.05, 0.1) is 19.5 Å². The SMILES string of the molecule is CCCCOc1c(C(=O)OCC2(NC(=O)OC(C)(C)C)CCOC2)occc1=O. The predicted molar refractivity (Wildman–Crippen MR) is 103 cm³/mol. The van der Waals surface area contributed by atoms with Crippen molar-refractivity contribution in [2.24, 2.45) is 0 Å². The van der Waals surface area contributed by atoms with E-state index in [2.05, 4.69) is 5.32 Å². The molecule has 0 saturated carbocycles. The second-order valence-corrected chi connectivity index (χ2v) is 7.93. The monoisotopic (exact) mass is 411 g/mol. The molecule has 9 nitrogen and oxygen atoms in total. The zero-order chi connectivity index (χ0) is 21.5. The minimum Gasteiger partial charge on any atom is -0.486 e. The van der Waals surface area contributed by atoms with Gasteiger partial charge in [-0.05, 0) is 33.6 Å². The van der Waals surface area contributed by atoms with Crippen LogP contribution in [0.15, 0.2) is 21.5 Å². The van der Waals surface area contributed by atoms with Crippen LogP contribution in [-0.2, 0) is 14.2 Å². The summed E-state index contributed by atoms with van der Waals surface area (Å²) < 4.78 is 26.6. The first-order valence-electron chi connectivity index (χ1n) is 9.66. The molecule has 0 aliphatic carbocycles. The molecule has 1 N–H and O–H groups in total. The number of carbonyl (C=O) groups excluding carboxylic acids is 2. The van der Waals surface area contributed by atoms with E-state index in [-0.39, 0.29) is 31.3 Å². The highest BCUT2D eigenvalue weighted by atomic mass is 16.6. The molecule has 1 amide bonds. The number of unbranched alkanes of at least 4 members (excludes halogenated alkanes) is 1. The number of hydrogen-bond donors (Lipinski definition) is 1. The topological polar surface area (TPSA) is 113 Å². The molecular weight excluding hydrogens is 382 g/mol. The maximum absolute atomic E-state index is 12.5. The number of amides is 1. The summed E-state index contributed by atoms with van der Waals surface area (Å²) in [6.45, 7) is 7.91. The van der Waals surface area contributed by atoms with E-state index in [1.54, 1.807) is 20.8 Å². The lowest BCUT2D eigenvalue weighted by molar-refractivity contribution is 0.0190. The number of ether oxygens (including phenoxy) is 4. The van der Waals surface area contributed by atoms with Crippen LogP contribution in [-0.4, -0.2) is 49.6 Å². The minimum absolute atomic E-state index is 0.165. The van der Waals surface area contributed by atoms with Gasteiger partial charge in [-0.2, -0.15) is 0 Å². The van der Waals surface area contributed by atoms with E-state index in [9.17, 15) is 14.4 Å². The van der Waals surface area contributed by atoms with E-state index in [1.807, 2.05) is 6.92 Å². The van der Waals surface area contributed by atoms with Crippen molar-refractivity contribution in [3.8, 4) is 5.75 Å². The molecule has 2 heterocycles. The Morgan fingerprint density at radius 2 is 2.07 bits per heavy atom. The van der Waals surface area contributed by atoms with Gasteiger partial charge >= 0.3 is 12.1 Å². The van der Waals surface area contributed by atoms with Crippen LogP contribution in [0.25, 0.3) is 0 Å². The maximum atomic E-state index is 12.5. The van der Waals surface area contributed by atoms with E-state index in [4.69, 9.17) is 23.4 Å². The van der Waals surface area contributed by atoms with Crippen molar-refractivity contribution in [2.45, 2.75) is 58.1 Å². The standard InChI is InChI=1S/C20H29NO8/c1-5-6-9-26-15-14(22)7-10-27-16(15)17(23)28-13-20(8-11-25-12-20)21-18(24)29-19(2,3)4/h7,10H,5-6,8-9,11-13H2,1-4H3,(H,21,24). The van der Waals surface area contributed by atoms with Gasteiger partial charge in [-0.3, -0.25) is 4.79 Å². The summed E-state index contributed by atoms with van der Waals surface area (Å²) in [6.07, 6.45) is 2.52. The minimum atomic E-state index is -0.920. The highest BCUT2D eigenvalue weighted by molar-refractivity contribution is 5.89. The van der Waals surface area contributed by atoms with E-state index >= 15 is 0 Å². The second-order valence-electron chi connectivity index (χ2n) is 7.93. The summed E-state index contributed by atoms with van der Waals surface area (Å²) in [5.41, 5.74) is -2.05. The summed E-state index contributed by atoms with van der Waals surface area (Å²) in [7, 11) is 0. The molecule has 1 aliphatic rings. The molecule has 0 spiro atoms. The normalized spacial score (nSPS) is 18.9. The highest BCUT2D eigenvalue weighted by Crippen LogP contribution is 2.22. The molecular formula is C20H29NO8. The molecule has 0 bridgehead atoms. The third kappa shape index (κ3) is 6.77. The predicted octanol–water partition coefficient (Wildman–Crippen LogP) is 2.66. The van der Waals surface area contributed by atoms with Crippen LogP contribution in [0, 0.1) is 0 Å². The Balaban J connectivity index is 2.07. The first kappa shape index (κ1) is 22.7. The average Bonchev–Trinajstić information content (AvgIpc) is 3.08. The fourth-order valence-corrected chi connectivity index (χ4v) is 2.65. The van der Waals surface area contributed by atoms with Crippen molar-refractivity contribution in [1.82, 2.24) is 5.32 Å². The van der Waals surface area contributed by atoms with Gasteiger partial charge in [-0.15, -0.1) is 0 Å². The lowest BCUT2D eigenvalue weighted by Crippen LogP contribution is -2.54. The van der Waals surface area contributed by atoms with Gasteiger partial charge in [0.15, 0.2) is 0 Å². The molecule has 1 unspecified atom stereocenters. The zero-order valence-electron chi connectivity index (χ0n) is 17.4. The van der Waals surface area contributed by atoms with Gasteiger partial charge < -0.3 is 28.7 Å². The van der Waals surface area contributed by atoms with E-state index in [0.29, 0.717) is 13.0 Å². The molecule has 2 rings (SSSR count). The molecule has 0 aromatic carbocycles. The van der Waals surface area contributed by atoms with Crippen molar-refractivity contribution < 1.29 is 33.0 Å². The molecule has 1 aliphatic heterocycles. The van der Waals surface area contributed by atoms with Crippen molar-refractivity contribution in [3.63, 3.8) is 0 Å². The molecule has 162 valence electrons. The molecule has 9 heteroatoms. The maximum Gasteiger partial charge on any atom is 0.408 e. The number of carbonyl (C=O) groups is 2. The smallest absolute Gasteiger partial charge is 0.408 e. The highest BCUT2D eigenvalue weighted by Gasteiger charge is 2.40. The number of rotatable bonds is 8. The van der Waals surface area contributed by atoms with Gasteiger partial charge in [0.25, 0.3) is 5.76 Å². The largest absolute Gasteiger partial charge is 0.486 e. The van der Waals surface area contributed by atoms with Crippen LogP contribution in [0.1, 0.15) is 57.5 Å². The molecule has 1 aromatic heterocycles. The summed E-state index contributed by atoms with van der Waals surface area (Å²) in [5.74, 6) is -1.34. The number of nitrogens with one attached hydrogen (secondary N) is 1.